The zero-order valence-electron chi connectivity index (χ0n) is 14.2. The number of carbonyl (C=O) groups excluding carboxylic acids is 1. The summed E-state index contributed by atoms with van der Waals surface area (Å²) in [7, 11) is 1.63. The van der Waals surface area contributed by atoms with Crippen molar-refractivity contribution in [3.63, 3.8) is 0 Å². The minimum absolute atomic E-state index is 0.0150. The topological polar surface area (TPSA) is 66.8 Å². The number of amides is 1. The van der Waals surface area contributed by atoms with Crippen molar-refractivity contribution in [2.45, 2.75) is 19.3 Å². The van der Waals surface area contributed by atoms with Crippen LogP contribution in [-0.2, 0) is 4.79 Å². The summed E-state index contributed by atoms with van der Waals surface area (Å²) in [5.74, 6) is -0.138. The van der Waals surface area contributed by atoms with E-state index in [1.165, 1.54) is 0 Å². The Balaban J connectivity index is 1.57. The fourth-order valence-electron chi connectivity index (χ4n) is 4.21. The number of benzene rings is 2. The summed E-state index contributed by atoms with van der Waals surface area (Å²) in [6, 6.07) is 11.4. The van der Waals surface area contributed by atoms with Crippen LogP contribution in [0.3, 0.4) is 0 Å². The van der Waals surface area contributed by atoms with E-state index in [0.717, 1.165) is 35.8 Å². The van der Waals surface area contributed by atoms with Gasteiger partial charge in [-0.15, -0.1) is 0 Å². The molecule has 25 heavy (non-hydrogen) atoms. The molecular weight excluding hydrogens is 318 g/mol. The van der Waals surface area contributed by atoms with Crippen LogP contribution in [0.25, 0.3) is 10.8 Å². The van der Waals surface area contributed by atoms with Gasteiger partial charge in [0, 0.05) is 24.0 Å². The molecule has 1 atom stereocenters. The molecule has 2 fully saturated rings. The van der Waals surface area contributed by atoms with Gasteiger partial charge in [-0.05, 0) is 42.2 Å². The van der Waals surface area contributed by atoms with Crippen molar-refractivity contribution >= 4 is 22.6 Å². The van der Waals surface area contributed by atoms with Crippen molar-refractivity contribution in [3.8, 4) is 5.75 Å². The number of fused-ring (bicyclic) bond motifs is 1. The fraction of sp³-hybridized carbons (Fsp3) is 0.400. The minimum Gasteiger partial charge on any atom is -0.496 e. The van der Waals surface area contributed by atoms with E-state index >= 15 is 0 Å². The van der Waals surface area contributed by atoms with Gasteiger partial charge in [0.2, 0.25) is 0 Å². The average molecular weight is 339 g/mol. The normalized spacial score (nSPS) is 21.3. The molecular formula is C20H21NO4. The summed E-state index contributed by atoms with van der Waals surface area (Å²) < 4.78 is 5.40. The third-order valence-electron chi connectivity index (χ3n) is 5.87. The molecule has 1 saturated heterocycles. The maximum absolute atomic E-state index is 13.0. The number of nitrogens with zero attached hydrogens (tertiary/aromatic N) is 1. The van der Waals surface area contributed by atoms with Gasteiger partial charge >= 0.3 is 5.97 Å². The lowest BCUT2D eigenvalue weighted by Gasteiger charge is -2.33. The Morgan fingerprint density at radius 2 is 1.80 bits per heavy atom. The molecule has 0 bridgehead atoms. The Morgan fingerprint density at radius 1 is 1.12 bits per heavy atom. The van der Waals surface area contributed by atoms with E-state index in [4.69, 9.17) is 4.74 Å². The van der Waals surface area contributed by atoms with Gasteiger partial charge < -0.3 is 14.7 Å². The molecule has 2 aromatic rings. The summed E-state index contributed by atoms with van der Waals surface area (Å²) in [5.41, 5.74) is 0.614. The van der Waals surface area contributed by atoms with Crippen LogP contribution in [0.4, 0.5) is 0 Å². The highest BCUT2D eigenvalue weighted by atomic mass is 16.5. The predicted molar refractivity (Wildman–Crippen MR) is 93.8 cm³/mol. The van der Waals surface area contributed by atoms with Gasteiger partial charge in [-0.25, -0.2) is 0 Å². The highest BCUT2D eigenvalue weighted by Crippen LogP contribution is 2.59. The lowest BCUT2D eigenvalue weighted by atomic mass is 9.90. The smallest absolute Gasteiger partial charge is 0.307 e. The largest absolute Gasteiger partial charge is 0.496 e. The zero-order valence-corrected chi connectivity index (χ0v) is 14.2. The number of methoxy groups -OCH3 is 1. The SMILES string of the molecule is COc1ccc(C(=O)N2CCC3(CC2)CC3C(=O)O)c2ccccc12. The average Bonchev–Trinajstić information content (AvgIpc) is 3.34. The first-order valence-corrected chi connectivity index (χ1v) is 8.63. The molecule has 5 nitrogen and oxygen atoms in total. The second kappa shape index (κ2) is 5.76. The Morgan fingerprint density at radius 3 is 2.40 bits per heavy atom. The van der Waals surface area contributed by atoms with Crippen molar-refractivity contribution in [1.82, 2.24) is 4.90 Å². The number of ether oxygens (including phenoxy) is 1. The molecule has 2 aliphatic rings. The van der Waals surface area contributed by atoms with Crippen LogP contribution in [-0.4, -0.2) is 42.1 Å². The highest BCUT2D eigenvalue weighted by molar-refractivity contribution is 6.08. The Labute approximate surface area is 146 Å². The van der Waals surface area contributed by atoms with E-state index in [0.29, 0.717) is 18.7 Å². The Hall–Kier alpha value is -2.56. The molecule has 1 heterocycles. The fourth-order valence-corrected chi connectivity index (χ4v) is 4.21. The molecule has 5 heteroatoms. The monoisotopic (exact) mass is 339 g/mol. The first-order chi connectivity index (χ1) is 12.1. The van der Waals surface area contributed by atoms with Gasteiger partial charge in [-0.1, -0.05) is 24.3 Å². The van der Waals surface area contributed by atoms with Crippen molar-refractivity contribution in [1.29, 1.82) is 0 Å². The van der Waals surface area contributed by atoms with Crippen LogP contribution < -0.4 is 4.74 Å². The molecule has 0 radical (unpaired) electrons. The van der Waals surface area contributed by atoms with Crippen LogP contribution in [0.2, 0.25) is 0 Å². The summed E-state index contributed by atoms with van der Waals surface area (Å²) in [6.07, 6.45) is 2.32. The van der Waals surface area contributed by atoms with Gasteiger partial charge in [-0.2, -0.15) is 0 Å². The number of carbonyl (C=O) groups is 2. The highest BCUT2D eigenvalue weighted by Gasteiger charge is 2.59. The number of rotatable bonds is 3. The minimum atomic E-state index is -0.694. The second-order valence-electron chi connectivity index (χ2n) is 7.11. The zero-order chi connectivity index (χ0) is 17.6. The maximum atomic E-state index is 13.0. The molecule has 4 rings (SSSR count). The number of carboxylic acids is 1. The molecule has 2 aromatic carbocycles. The third-order valence-corrected chi connectivity index (χ3v) is 5.87. The Bertz CT molecular complexity index is 852. The summed E-state index contributed by atoms with van der Waals surface area (Å²) in [5, 5.41) is 11.0. The van der Waals surface area contributed by atoms with Gasteiger partial charge in [-0.3, -0.25) is 9.59 Å². The number of piperidine rings is 1. The second-order valence-corrected chi connectivity index (χ2v) is 7.11. The Kier molecular flexibility index (Phi) is 3.67. The van der Waals surface area contributed by atoms with Gasteiger partial charge in [0.15, 0.2) is 0 Å². The molecule has 1 aliphatic carbocycles. The maximum Gasteiger partial charge on any atom is 0.307 e. The van der Waals surface area contributed by atoms with Gasteiger partial charge in [0.25, 0.3) is 5.91 Å². The summed E-state index contributed by atoms with van der Waals surface area (Å²) in [4.78, 5) is 26.1. The standard InChI is InChI=1S/C20H21NO4/c1-25-17-7-6-15(13-4-2-3-5-14(13)17)18(22)21-10-8-20(9-11-21)12-16(20)19(23)24/h2-7,16H,8-12H2,1H3,(H,23,24). The summed E-state index contributed by atoms with van der Waals surface area (Å²) in [6.45, 7) is 1.26. The quantitative estimate of drug-likeness (QED) is 0.933. The van der Waals surface area contributed by atoms with Gasteiger partial charge in [0.1, 0.15) is 5.75 Å². The molecule has 130 valence electrons. The first-order valence-electron chi connectivity index (χ1n) is 8.63. The van der Waals surface area contributed by atoms with E-state index in [1.54, 1.807) is 7.11 Å². The molecule has 1 unspecified atom stereocenters. The molecule has 1 aliphatic heterocycles. The van der Waals surface area contributed by atoms with E-state index in [2.05, 4.69) is 0 Å². The lowest BCUT2D eigenvalue weighted by molar-refractivity contribution is -0.139. The van der Waals surface area contributed by atoms with Crippen LogP contribution >= 0.6 is 0 Å². The number of aliphatic carboxylic acids is 1. The van der Waals surface area contributed by atoms with E-state index < -0.39 is 5.97 Å². The third kappa shape index (κ3) is 2.54. The number of carboxylic acid groups (broad SMARTS) is 1. The van der Waals surface area contributed by atoms with E-state index in [-0.39, 0.29) is 17.2 Å². The lowest BCUT2D eigenvalue weighted by Crippen LogP contribution is -2.40. The van der Waals surface area contributed by atoms with Crippen molar-refractivity contribution < 1.29 is 19.4 Å². The molecule has 1 amide bonds. The van der Waals surface area contributed by atoms with Crippen LogP contribution in [0, 0.1) is 11.3 Å². The van der Waals surface area contributed by atoms with Crippen molar-refractivity contribution in [2.24, 2.45) is 11.3 Å². The van der Waals surface area contributed by atoms with E-state index in [9.17, 15) is 14.7 Å². The van der Waals surface area contributed by atoms with Crippen molar-refractivity contribution in [3.05, 3.63) is 42.0 Å². The molecule has 1 spiro atoms. The molecule has 1 N–H and O–H groups in total. The summed E-state index contributed by atoms with van der Waals surface area (Å²) >= 11 is 0. The first kappa shape index (κ1) is 15.9. The van der Waals surface area contributed by atoms with Crippen LogP contribution in [0.1, 0.15) is 29.6 Å². The number of likely N-dealkylation sites (tertiary alicyclic amines) is 1. The number of hydrogen-bond acceptors (Lipinski definition) is 3. The molecule has 0 aromatic heterocycles. The van der Waals surface area contributed by atoms with Crippen LogP contribution in [0.5, 0.6) is 5.75 Å². The van der Waals surface area contributed by atoms with Crippen molar-refractivity contribution in [2.75, 3.05) is 20.2 Å². The number of hydrogen-bond donors (Lipinski definition) is 1. The predicted octanol–water partition coefficient (Wildman–Crippen LogP) is 3.18. The van der Waals surface area contributed by atoms with E-state index in [1.807, 2.05) is 41.3 Å². The van der Waals surface area contributed by atoms with Crippen LogP contribution in [0.15, 0.2) is 36.4 Å². The van der Waals surface area contributed by atoms with Gasteiger partial charge in [0.05, 0.1) is 13.0 Å². The molecule has 1 saturated carbocycles.